The molecular weight excluding hydrogens is 253 g/mol. The predicted octanol–water partition coefficient (Wildman–Crippen LogP) is 2.49. The number of ether oxygens (including phenoxy) is 1. The SMILES string of the molecule is CCOC(=O)Cc1c(F)ccc(Cl)c1[N+](=O)[O-]. The van der Waals surface area contributed by atoms with Crippen LogP contribution in [0.3, 0.4) is 0 Å². The zero-order valence-electron chi connectivity index (χ0n) is 8.91. The van der Waals surface area contributed by atoms with E-state index < -0.39 is 28.8 Å². The Morgan fingerprint density at radius 1 is 1.59 bits per heavy atom. The Morgan fingerprint density at radius 2 is 2.24 bits per heavy atom. The van der Waals surface area contributed by atoms with Gasteiger partial charge in [0, 0.05) is 0 Å². The normalized spacial score (nSPS) is 10.1. The average molecular weight is 262 g/mol. The summed E-state index contributed by atoms with van der Waals surface area (Å²) >= 11 is 5.60. The Balaban J connectivity index is 3.16. The molecule has 0 N–H and O–H groups in total. The van der Waals surface area contributed by atoms with Crippen molar-refractivity contribution in [2.45, 2.75) is 13.3 Å². The van der Waals surface area contributed by atoms with Crippen LogP contribution in [0.1, 0.15) is 12.5 Å². The molecule has 1 rings (SSSR count). The lowest BCUT2D eigenvalue weighted by atomic mass is 10.1. The summed E-state index contributed by atoms with van der Waals surface area (Å²) in [6, 6.07) is 2.05. The van der Waals surface area contributed by atoms with Crippen molar-refractivity contribution >= 4 is 23.3 Å². The van der Waals surface area contributed by atoms with Gasteiger partial charge in [-0.15, -0.1) is 0 Å². The minimum Gasteiger partial charge on any atom is -0.466 e. The van der Waals surface area contributed by atoms with Crippen LogP contribution in [0.5, 0.6) is 0 Å². The van der Waals surface area contributed by atoms with Crippen LogP contribution in [0.15, 0.2) is 12.1 Å². The van der Waals surface area contributed by atoms with Crippen molar-refractivity contribution in [1.29, 1.82) is 0 Å². The molecule has 1 aromatic rings. The molecule has 0 aromatic heterocycles. The van der Waals surface area contributed by atoms with Gasteiger partial charge in [0.25, 0.3) is 5.69 Å². The quantitative estimate of drug-likeness (QED) is 0.474. The molecule has 0 heterocycles. The average Bonchev–Trinajstić information content (AvgIpc) is 2.23. The number of nitro groups is 1. The standard InChI is InChI=1S/C10H9ClFNO4/c1-2-17-9(14)5-6-8(12)4-3-7(11)10(6)13(15)16/h3-4H,2,5H2,1H3. The van der Waals surface area contributed by atoms with Crippen molar-refractivity contribution in [2.24, 2.45) is 0 Å². The molecular formula is C10H9ClFNO4. The maximum absolute atomic E-state index is 13.4. The molecule has 92 valence electrons. The van der Waals surface area contributed by atoms with Gasteiger partial charge < -0.3 is 4.74 Å². The molecule has 0 aliphatic rings. The Morgan fingerprint density at radius 3 is 2.76 bits per heavy atom. The third-order valence-corrected chi connectivity index (χ3v) is 2.29. The topological polar surface area (TPSA) is 69.4 Å². The third-order valence-electron chi connectivity index (χ3n) is 1.99. The van der Waals surface area contributed by atoms with E-state index in [1.54, 1.807) is 6.92 Å². The van der Waals surface area contributed by atoms with Crippen LogP contribution in [-0.2, 0) is 16.0 Å². The van der Waals surface area contributed by atoms with Crippen LogP contribution in [0, 0.1) is 15.9 Å². The van der Waals surface area contributed by atoms with Gasteiger partial charge >= 0.3 is 5.97 Å². The molecule has 17 heavy (non-hydrogen) atoms. The second-order valence-corrected chi connectivity index (χ2v) is 3.50. The third kappa shape index (κ3) is 3.13. The smallest absolute Gasteiger partial charge is 0.310 e. The maximum Gasteiger partial charge on any atom is 0.310 e. The number of nitro benzene ring substituents is 1. The molecule has 0 amide bonds. The second-order valence-electron chi connectivity index (χ2n) is 3.10. The minimum absolute atomic E-state index is 0.120. The molecule has 0 radical (unpaired) electrons. The lowest BCUT2D eigenvalue weighted by molar-refractivity contribution is -0.385. The first-order valence-corrected chi connectivity index (χ1v) is 5.12. The molecule has 0 spiro atoms. The van der Waals surface area contributed by atoms with Gasteiger partial charge in [-0.3, -0.25) is 14.9 Å². The molecule has 0 aliphatic heterocycles. The summed E-state index contributed by atoms with van der Waals surface area (Å²) in [5, 5.41) is 10.5. The highest BCUT2D eigenvalue weighted by Crippen LogP contribution is 2.30. The van der Waals surface area contributed by atoms with E-state index in [1.807, 2.05) is 0 Å². The number of esters is 1. The Hall–Kier alpha value is -1.69. The summed E-state index contributed by atoms with van der Waals surface area (Å²) in [7, 11) is 0. The molecule has 0 atom stereocenters. The lowest BCUT2D eigenvalue weighted by Gasteiger charge is -2.05. The van der Waals surface area contributed by atoms with Crippen LogP contribution in [0.4, 0.5) is 10.1 Å². The predicted molar refractivity (Wildman–Crippen MR) is 58.4 cm³/mol. The summed E-state index contributed by atoms with van der Waals surface area (Å²) in [6.45, 7) is 1.70. The van der Waals surface area contributed by atoms with Crippen molar-refractivity contribution in [2.75, 3.05) is 6.61 Å². The van der Waals surface area contributed by atoms with E-state index in [1.165, 1.54) is 0 Å². The molecule has 0 bridgehead atoms. The van der Waals surface area contributed by atoms with Crippen molar-refractivity contribution in [3.8, 4) is 0 Å². The molecule has 0 saturated heterocycles. The molecule has 0 aliphatic carbocycles. The summed E-state index contributed by atoms with van der Waals surface area (Å²) in [4.78, 5) is 21.1. The van der Waals surface area contributed by atoms with Crippen LogP contribution in [0.25, 0.3) is 0 Å². The largest absolute Gasteiger partial charge is 0.466 e. The van der Waals surface area contributed by atoms with Gasteiger partial charge in [-0.05, 0) is 19.1 Å². The Labute approximate surface area is 101 Å². The van der Waals surface area contributed by atoms with Gasteiger partial charge in [0.2, 0.25) is 0 Å². The number of rotatable bonds is 4. The highest BCUT2D eigenvalue weighted by molar-refractivity contribution is 6.32. The van der Waals surface area contributed by atoms with Gasteiger partial charge in [0.15, 0.2) is 0 Å². The Kier molecular flexibility index (Phi) is 4.39. The van der Waals surface area contributed by atoms with E-state index in [9.17, 15) is 19.3 Å². The van der Waals surface area contributed by atoms with Crippen molar-refractivity contribution < 1.29 is 18.8 Å². The van der Waals surface area contributed by atoms with Crippen molar-refractivity contribution in [3.63, 3.8) is 0 Å². The highest BCUT2D eigenvalue weighted by Gasteiger charge is 2.24. The lowest BCUT2D eigenvalue weighted by Crippen LogP contribution is -2.11. The van der Waals surface area contributed by atoms with Gasteiger partial charge in [-0.2, -0.15) is 0 Å². The van der Waals surface area contributed by atoms with E-state index in [0.717, 1.165) is 12.1 Å². The summed E-state index contributed by atoms with van der Waals surface area (Å²) in [5.74, 6) is -1.59. The van der Waals surface area contributed by atoms with E-state index in [2.05, 4.69) is 4.74 Å². The molecule has 0 unspecified atom stereocenters. The van der Waals surface area contributed by atoms with E-state index in [0.29, 0.717) is 0 Å². The fourth-order valence-corrected chi connectivity index (χ4v) is 1.55. The molecule has 7 heteroatoms. The number of hydrogen-bond acceptors (Lipinski definition) is 4. The summed E-state index contributed by atoms with van der Waals surface area (Å²) < 4.78 is 18.0. The molecule has 5 nitrogen and oxygen atoms in total. The van der Waals surface area contributed by atoms with Crippen LogP contribution < -0.4 is 0 Å². The fourth-order valence-electron chi connectivity index (χ4n) is 1.31. The van der Waals surface area contributed by atoms with Crippen LogP contribution in [-0.4, -0.2) is 17.5 Å². The number of carbonyl (C=O) groups excluding carboxylic acids is 1. The number of carbonyl (C=O) groups is 1. The first-order chi connectivity index (χ1) is 7.97. The highest BCUT2D eigenvalue weighted by atomic mass is 35.5. The number of halogens is 2. The van der Waals surface area contributed by atoms with E-state index >= 15 is 0 Å². The van der Waals surface area contributed by atoms with Gasteiger partial charge in [0.05, 0.1) is 23.5 Å². The summed E-state index contributed by atoms with van der Waals surface area (Å²) in [5.41, 5.74) is -0.958. The number of hydrogen-bond donors (Lipinski definition) is 0. The Bertz CT molecular complexity index is 464. The first kappa shape index (κ1) is 13.4. The summed E-state index contributed by atoms with van der Waals surface area (Å²) in [6.07, 6.45) is -0.517. The number of nitrogens with zero attached hydrogens (tertiary/aromatic N) is 1. The van der Waals surface area contributed by atoms with Crippen LogP contribution in [0.2, 0.25) is 5.02 Å². The fraction of sp³-hybridized carbons (Fsp3) is 0.300. The maximum atomic E-state index is 13.4. The van der Waals surface area contributed by atoms with Gasteiger partial charge in [-0.1, -0.05) is 11.6 Å². The van der Waals surface area contributed by atoms with Gasteiger partial charge in [-0.25, -0.2) is 4.39 Å². The van der Waals surface area contributed by atoms with Crippen molar-refractivity contribution in [3.05, 3.63) is 38.7 Å². The molecule has 1 aromatic carbocycles. The number of benzene rings is 1. The monoisotopic (exact) mass is 261 g/mol. The zero-order valence-corrected chi connectivity index (χ0v) is 9.66. The van der Waals surface area contributed by atoms with E-state index in [-0.39, 0.29) is 17.2 Å². The molecule has 0 saturated carbocycles. The van der Waals surface area contributed by atoms with Gasteiger partial charge in [0.1, 0.15) is 10.8 Å². The van der Waals surface area contributed by atoms with E-state index in [4.69, 9.17) is 11.6 Å². The second kappa shape index (κ2) is 5.58. The van der Waals surface area contributed by atoms with Crippen molar-refractivity contribution in [1.82, 2.24) is 0 Å². The molecule has 0 fully saturated rings. The van der Waals surface area contributed by atoms with Crippen LogP contribution >= 0.6 is 11.6 Å². The first-order valence-electron chi connectivity index (χ1n) is 4.74. The zero-order chi connectivity index (χ0) is 13.0. The minimum atomic E-state index is -0.853.